The number of benzene rings is 3. The van der Waals surface area contributed by atoms with Crippen LogP contribution in [-0.2, 0) is 0 Å². The molecule has 3 aromatic rings. The van der Waals surface area contributed by atoms with Crippen LogP contribution in [0.2, 0.25) is 0 Å². The van der Waals surface area contributed by atoms with Gasteiger partial charge in [-0.25, -0.2) is 4.39 Å². The lowest BCUT2D eigenvalue weighted by atomic mass is 9.77. The van der Waals surface area contributed by atoms with Gasteiger partial charge in [0.25, 0.3) is 0 Å². The zero-order valence-corrected chi connectivity index (χ0v) is 19.6. The molecule has 1 fully saturated rings. The maximum Gasteiger partial charge on any atom is 0.573 e. The lowest BCUT2D eigenvalue weighted by molar-refractivity contribution is -0.274. The summed E-state index contributed by atoms with van der Waals surface area (Å²) in [6, 6.07) is 13.5. The Balaban J connectivity index is 1.56. The van der Waals surface area contributed by atoms with Crippen LogP contribution in [0.15, 0.2) is 54.6 Å². The molecule has 0 radical (unpaired) electrons. The quantitative estimate of drug-likeness (QED) is 0.321. The molecule has 0 bridgehead atoms. The number of ether oxygens (including phenoxy) is 2. The number of hydrogen-bond donors (Lipinski definition) is 0. The zero-order chi connectivity index (χ0) is 25.2. The molecule has 0 aromatic heterocycles. The van der Waals surface area contributed by atoms with Gasteiger partial charge in [0.15, 0.2) is 11.6 Å². The molecule has 0 aliphatic heterocycles. The van der Waals surface area contributed by atoms with E-state index in [-0.39, 0.29) is 11.5 Å². The minimum Gasteiger partial charge on any atom is -0.454 e. The number of halogens is 5. The summed E-state index contributed by atoms with van der Waals surface area (Å²) in [4.78, 5) is 0. The van der Waals surface area contributed by atoms with Crippen LogP contribution < -0.4 is 9.47 Å². The van der Waals surface area contributed by atoms with Gasteiger partial charge in [-0.1, -0.05) is 37.6 Å². The van der Waals surface area contributed by atoms with Crippen LogP contribution in [0, 0.1) is 24.5 Å². The van der Waals surface area contributed by atoms with Crippen molar-refractivity contribution in [3.05, 3.63) is 77.4 Å². The average molecular weight is 491 g/mol. The second kappa shape index (κ2) is 10.3. The molecule has 1 aliphatic carbocycles. The largest absolute Gasteiger partial charge is 0.573 e. The Bertz CT molecular complexity index is 1150. The Morgan fingerprint density at radius 2 is 1.46 bits per heavy atom. The SMILES string of the molecule is CCC1CCC(c2ccc(-c3cc(F)c(F)c(Oc4ccc(OC(F)(F)F)cc4)c3C)cc2)CC1. The van der Waals surface area contributed by atoms with Gasteiger partial charge in [-0.3, -0.25) is 0 Å². The van der Waals surface area contributed by atoms with Crippen molar-refractivity contribution in [1.29, 1.82) is 0 Å². The Morgan fingerprint density at radius 1 is 0.857 bits per heavy atom. The van der Waals surface area contributed by atoms with E-state index in [9.17, 15) is 22.0 Å². The molecule has 0 spiro atoms. The van der Waals surface area contributed by atoms with Crippen molar-refractivity contribution in [1.82, 2.24) is 0 Å². The van der Waals surface area contributed by atoms with E-state index in [0.717, 1.165) is 42.5 Å². The first-order valence-electron chi connectivity index (χ1n) is 11.8. The number of rotatable bonds is 6. The highest BCUT2D eigenvalue weighted by Gasteiger charge is 2.31. The van der Waals surface area contributed by atoms with Crippen molar-refractivity contribution in [2.24, 2.45) is 5.92 Å². The van der Waals surface area contributed by atoms with Gasteiger partial charge in [0.1, 0.15) is 11.5 Å². The van der Waals surface area contributed by atoms with Crippen molar-refractivity contribution in [3.63, 3.8) is 0 Å². The maximum absolute atomic E-state index is 14.6. The molecule has 4 rings (SSSR count). The van der Waals surface area contributed by atoms with Gasteiger partial charge in [-0.15, -0.1) is 13.2 Å². The maximum atomic E-state index is 14.6. The predicted octanol–water partition coefficient (Wildman–Crippen LogP) is 9.31. The normalized spacial score (nSPS) is 18.4. The standard InChI is InChI=1S/C28H27F5O2/c1-3-18-4-6-19(7-5-18)20-8-10-21(11-9-20)24-16-25(29)26(30)27(17(24)2)34-22-12-14-23(15-13-22)35-28(31,32)33/h8-16,18-19H,3-7H2,1-2H3. The highest BCUT2D eigenvalue weighted by Crippen LogP contribution is 2.40. The van der Waals surface area contributed by atoms with Crippen molar-refractivity contribution in [3.8, 4) is 28.4 Å². The van der Waals surface area contributed by atoms with Gasteiger partial charge in [0, 0.05) is 5.56 Å². The molecular formula is C28H27F5O2. The summed E-state index contributed by atoms with van der Waals surface area (Å²) >= 11 is 0. The molecule has 0 N–H and O–H groups in total. The minimum absolute atomic E-state index is 0.0519. The molecule has 7 heteroatoms. The van der Waals surface area contributed by atoms with Gasteiger partial charge in [-0.05, 0) is 91.5 Å². The highest BCUT2D eigenvalue weighted by atomic mass is 19.4. The molecule has 35 heavy (non-hydrogen) atoms. The summed E-state index contributed by atoms with van der Waals surface area (Å²) in [5.41, 5.74) is 2.85. The number of hydrogen-bond acceptors (Lipinski definition) is 2. The predicted molar refractivity (Wildman–Crippen MR) is 125 cm³/mol. The molecule has 0 atom stereocenters. The van der Waals surface area contributed by atoms with Crippen LogP contribution in [0.5, 0.6) is 17.2 Å². The Kier molecular flexibility index (Phi) is 7.33. The van der Waals surface area contributed by atoms with E-state index >= 15 is 0 Å². The summed E-state index contributed by atoms with van der Waals surface area (Å²) in [7, 11) is 0. The molecule has 1 saturated carbocycles. The molecular weight excluding hydrogens is 463 g/mol. The van der Waals surface area contributed by atoms with Gasteiger partial charge in [-0.2, -0.15) is 4.39 Å². The minimum atomic E-state index is -4.83. The van der Waals surface area contributed by atoms with Crippen LogP contribution in [-0.4, -0.2) is 6.36 Å². The Hall–Kier alpha value is -3.09. The second-order valence-electron chi connectivity index (χ2n) is 9.04. The third kappa shape index (κ3) is 5.95. The first-order chi connectivity index (χ1) is 16.6. The van der Waals surface area contributed by atoms with Crippen LogP contribution in [0.1, 0.15) is 56.1 Å². The fraction of sp³-hybridized carbons (Fsp3) is 0.357. The molecule has 1 aliphatic rings. The highest BCUT2D eigenvalue weighted by molar-refractivity contribution is 5.70. The van der Waals surface area contributed by atoms with Crippen LogP contribution in [0.4, 0.5) is 22.0 Å². The molecule has 0 amide bonds. The van der Waals surface area contributed by atoms with E-state index in [2.05, 4.69) is 11.7 Å². The molecule has 186 valence electrons. The fourth-order valence-corrected chi connectivity index (χ4v) is 4.78. The first kappa shape index (κ1) is 25.0. The Morgan fingerprint density at radius 3 is 2.03 bits per heavy atom. The third-order valence-electron chi connectivity index (χ3n) is 6.82. The molecule has 0 saturated heterocycles. The van der Waals surface area contributed by atoms with E-state index in [1.165, 1.54) is 37.0 Å². The average Bonchev–Trinajstić information content (AvgIpc) is 2.84. The van der Waals surface area contributed by atoms with Gasteiger partial charge < -0.3 is 9.47 Å². The Labute approximate surface area is 201 Å². The monoisotopic (exact) mass is 490 g/mol. The summed E-state index contributed by atoms with van der Waals surface area (Å²) in [6.07, 6.45) is 1.17. The lowest BCUT2D eigenvalue weighted by Gasteiger charge is -2.28. The lowest BCUT2D eigenvalue weighted by Crippen LogP contribution is -2.16. The van der Waals surface area contributed by atoms with E-state index in [4.69, 9.17) is 4.74 Å². The van der Waals surface area contributed by atoms with Crippen molar-refractivity contribution in [2.75, 3.05) is 0 Å². The summed E-state index contributed by atoms with van der Waals surface area (Å²) in [5, 5.41) is 0. The fourth-order valence-electron chi connectivity index (χ4n) is 4.78. The molecule has 2 nitrogen and oxygen atoms in total. The summed E-state index contributed by atoms with van der Waals surface area (Å²) in [6.45, 7) is 3.85. The molecule has 0 unspecified atom stereocenters. The van der Waals surface area contributed by atoms with Crippen LogP contribution >= 0.6 is 0 Å². The van der Waals surface area contributed by atoms with E-state index in [1.54, 1.807) is 6.92 Å². The van der Waals surface area contributed by atoms with E-state index < -0.39 is 23.7 Å². The van der Waals surface area contributed by atoms with E-state index in [0.29, 0.717) is 17.0 Å². The zero-order valence-electron chi connectivity index (χ0n) is 19.6. The first-order valence-corrected chi connectivity index (χ1v) is 11.8. The van der Waals surface area contributed by atoms with Gasteiger partial charge in [0.2, 0.25) is 5.82 Å². The van der Waals surface area contributed by atoms with Crippen molar-refractivity contribution >= 4 is 0 Å². The van der Waals surface area contributed by atoms with E-state index in [1.807, 2.05) is 24.3 Å². The summed E-state index contributed by atoms with van der Waals surface area (Å²) in [5.74, 6) is -1.61. The number of alkyl halides is 3. The topological polar surface area (TPSA) is 18.5 Å². The molecule has 0 heterocycles. The van der Waals surface area contributed by atoms with Crippen LogP contribution in [0.3, 0.4) is 0 Å². The summed E-state index contributed by atoms with van der Waals surface area (Å²) < 4.78 is 75.6. The van der Waals surface area contributed by atoms with Crippen LogP contribution in [0.25, 0.3) is 11.1 Å². The molecule has 3 aromatic carbocycles. The van der Waals surface area contributed by atoms with Gasteiger partial charge >= 0.3 is 6.36 Å². The van der Waals surface area contributed by atoms with Gasteiger partial charge in [0.05, 0.1) is 0 Å². The van der Waals surface area contributed by atoms with Crippen molar-refractivity contribution < 1.29 is 31.4 Å². The smallest absolute Gasteiger partial charge is 0.454 e. The van der Waals surface area contributed by atoms with Crippen molar-refractivity contribution in [2.45, 2.75) is 58.2 Å². The third-order valence-corrected chi connectivity index (χ3v) is 6.82. The second-order valence-corrected chi connectivity index (χ2v) is 9.04.